The van der Waals surface area contributed by atoms with Gasteiger partial charge in [0.05, 0.1) is 32.9 Å². The molecule has 0 fully saturated rings. The number of nitrogens with zero attached hydrogens (tertiary/aromatic N) is 4. The summed E-state index contributed by atoms with van der Waals surface area (Å²) in [5.41, 5.74) is 0.355. The monoisotopic (exact) mass is 296 g/mol. The van der Waals surface area contributed by atoms with Gasteiger partial charge in [0, 0.05) is 11.6 Å². The average molecular weight is 296 g/mol. The second-order valence-electron chi connectivity index (χ2n) is 3.71. The highest BCUT2D eigenvalue weighted by atomic mass is 32.1. The first-order valence-electron chi connectivity index (χ1n) is 5.61. The molecule has 0 radical (unpaired) electrons. The van der Waals surface area contributed by atoms with Crippen LogP contribution in [0.5, 0.6) is 0 Å². The van der Waals surface area contributed by atoms with E-state index < -0.39 is 11.9 Å². The van der Waals surface area contributed by atoms with Crippen molar-refractivity contribution in [3.8, 4) is 0 Å². The Morgan fingerprint density at radius 3 is 2.75 bits per heavy atom. The molecule has 0 saturated heterocycles. The summed E-state index contributed by atoms with van der Waals surface area (Å²) in [6.45, 7) is 0.327. The molecule has 20 heavy (non-hydrogen) atoms. The van der Waals surface area contributed by atoms with E-state index in [1.807, 2.05) is 5.38 Å². The summed E-state index contributed by atoms with van der Waals surface area (Å²) in [7, 11) is 2.51. The van der Waals surface area contributed by atoms with Gasteiger partial charge in [0.15, 0.2) is 5.69 Å². The summed E-state index contributed by atoms with van der Waals surface area (Å²) in [4.78, 5) is 27.2. The van der Waals surface area contributed by atoms with E-state index in [4.69, 9.17) is 0 Å². The van der Waals surface area contributed by atoms with Crippen LogP contribution in [0, 0.1) is 0 Å². The van der Waals surface area contributed by atoms with Gasteiger partial charge in [0.25, 0.3) is 0 Å². The third kappa shape index (κ3) is 2.99. The lowest BCUT2D eigenvalue weighted by Gasteiger charge is -2.05. The van der Waals surface area contributed by atoms with Gasteiger partial charge in [-0.3, -0.25) is 4.79 Å². The molecule has 0 N–H and O–H groups in total. The molecular formula is C11H12N4O4S. The fourth-order valence-electron chi connectivity index (χ4n) is 1.56. The first kappa shape index (κ1) is 14.1. The summed E-state index contributed by atoms with van der Waals surface area (Å²) in [5, 5.41) is 10.3. The molecule has 2 aromatic rings. The van der Waals surface area contributed by atoms with Crippen molar-refractivity contribution in [2.24, 2.45) is 0 Å². The molecule has 0 amide bonds. The van der Waals surface area contributed by atoms with Gasteiger partial charge >= 0.3 is 11.9 Å². The largest absolute Gasteiger partial charge is 0.469 e. The van der Waals surface area contributed by atoms with E-state index in [2.05, 4.69) is 24.8 Å². The van der Waals surface area contributed by atoms with Gasteiger partial charge in [-0.2, -0.15) is 0 Å². The van der Waals surface area contributed by atoms with Crippen LogP contribution in [0.15, 0.2) is 11.6 Å². The number of hydrogen-bond donors (Lipinski definition) is 0. The number of thiazole rings is 1. The topological polar surface area (TPSA) is 96.2 Å². The van der Waals surface area contributed by atoms with E-state index >= 15 is 0 Å². The number of carbonyl (C=O) groups excluding carboxylic acids is 2. The first-order valence-corrected chi connectivity index (χ1v) is 6.49. The molecular weight excluding hydrogens is 284 g/mol. The van der Waals surface area contributed by atoms with E-state index in [-0.39, 0.29) is 12.1 Å². The molecule has 2 heterocycles. The van der Waals surface area contributed by atoms with Gasteiger partial charge in [-0.15, -0.1) is 16.4 Å². The number of rotatable bonds is 5. The predicted octanol–water partition coefficient (Wildman–Crippen LogP) is 0.285. The van der Waals surface area contributed by atoms with Gasteiger partial charge in [-0.1, -0.05) is 5.21 Å². The molecule has 0 aliphatic heterocycles. The smallest absolute Gasteiger partial charge is 0.360 e. The average Bonchev–Trinajstić information content (AvgIpc) is 3.09. The van der Waals surface area contributed by atoms with Crippen molar-refractivity contribution < 1.29 is 19.1 Å². The fourth-order valence-corrected chi connectivity index (χ4v) is 2.16. The summed E-state index contributed by atoms with van der Waals surface area (Å²) in [6, 6.07) is 0. The fraction of sp³-hybridized carbons (Fsp3) is 0.364. The third-order valence-electron chi connectivity index (χ3n) is 2.52. The Morgan fingerprint density at radius 2 is 2.15 bits per heavy atom. The summed E-state index contributed by atoms with van der Waals surface area (Å²) >= 11 is 1.44. The van der Waals surface area contributed by atoms with Crippen molar-refractivity contribution in [1.82, 2.24) is 20.0 Å². The van der Waals surface area contributed by atoms with Crippen molar-refractivity contribution in [2.45, 2.75) is 13.0 Å². The van der Waals surface area contributed by atoms with Crippen molar-refractivity contribution >= 4 is 23.3 Å². The van der Waals surface area contributed by atoms with Gasteiger partial charge in [-0.05, 0) is 0 Å². The number of ether oxygens (including phenoxy) is 2. The Labute approximate surface area is 118 Å². The van der Waals surface area contributed by atoms with Crippen LogP contribution in [0.2, 0.25) is 0 Å². The predicted molar refractivity (Wildman–Crippen MR) is 68.3 cm³/mol. The molecule has 2 aromatic heterocycles. The van der Waals surface area contributed by atoms with Gasteiger partial charge in [-0.25, -0.2) is 14.5 Å². The molecule has 0 aliphatic rings. The molecule has 2 rings (SSSR count). The van der Waals surface area contributed by atoms with Crippen molar-refractivity contribution in [3.63, 3.8) is 0 Å². The molecule has 106 valence electrons. The van der Waals surface area contributed by atoms with E-state index in [0.717, 1.165) is 5.01 Å². The Morgan fingerprint density at radius 1 is 1.35 bits per heavy atom. The SMILES string of the molecule is COC(=O)Cc1c(C(=O)OC)nnn1Cc1nccs1. The zero-order valence-corrected chi connectivity index (χ0v) is 11.7. The zero-order chi connectivity index (χ0) is 14.5. The van der Waals surface area contributed by atoms with E-state index in [0.29, 0.717) is 12.2 Å². The van der Waals surface area contributed by atoms with Gasteiger partial charge in [0.1, 0.15) is 5.01 Å². The minimum absolute atomic E-state index is 0.00876. The van der Waals surface area contributed by atoms with Crippen LogP contribution in [0.25, 0.3) is 0 Å². The number of methoxy groups -OCH3 is 2. The van der Waals surface area contributed by atoms with E-state index in [1.54, 1.807) is 6.20 Å². The van der Waals surface area contributed by atoms with Crippen LogP contribution < -0.4 is 0 Å². The van der Waals surface area contributed by atoms with Crippen LogP contribution in [0.3, 0.4) is 0 Å². The van der Waals surface area contributed by atoms with E-state index in [1.165, 1.54) is 30.2 Å². The first-order chi connectivity index (χ1) is 9.65. The Kier molecular flexibility index (Phi) is 4.41. The van der Waals surface area contributed by atoms with Crippen molar-refractivity contribution in [3.05, 3.63) is 28.0 Å². The number of aromatic nitrogens is 4. The molecule has 0 bridgehead atoms. The maximum atomic E-state index is 11.6. The maximum absolute atomic E-state index is 11.6. The highest BCUT2D eigenvalue weighted by Crippen LogP contribution is 2.13. The summed E-state index contributed by atoms with van der Waals surface area (Å²) < 4.78 is 10.7. The van der Waals surface area contributed by atoms with Crippen LogP contribution in [0.1, 0.15) is 21.2 Å². The van der Waals surface area contributed by atoms with Gasteiger partial charge < -0.3 is 9.47 Å². The number of esters is 2. The minimum atomic E-state index is -0.644. The lowest BCUT2D eigenvalue weighted by atomic mass is 10.2. The second kappa shape index (κ2) is 6.24. The Balaban J connectivity index is 2.33. The van der Waals surface area contributed by atoms with Crippen LogP contribution in [0.4, 0.5) is 0 Å². The van der Waals surface area contributed by atoms with Gasteiger partial charge in [0.2, 0.25) is 0 Å². The molecule has 0 saturated carbocycles. The summed E-state index contributed by atoms with van der Waals surface area (Å²) in [5.74, 6) is -1.13. The summed E-state index contributed by atoms with van der Waals surface area (Å²) in [6.07, 6.45) is 1.55. The highest BCUT2D eigenvalue weighted by Gasteiger charge is 2.23. The minimum Gasteiger partial charge on any atom is -0.469 e. The van der Waals surface area contributed by atoms with Crippen LogP contribution in [-0.4, -0.2) is 46.1 Å². The van der Waals surface area contributed by atoms with Crippen molar-refractivity contribution in [2.75, 3.05) is 14.2 Å². The maximum Gasteiger partial charge on any atom is 0.360 e. The quantitative estimate of drug-likeness (QED) is 0.731. The Bertz CT molecular complexity index is 608. The molecule has 8 nitrogen and oxygen atoms in total. The van der Waals surface area contributed by atoms with Crippen LogP contribution >= 0.6 is 11.3 Å². The zero-order valence-electron chi connectivity index (χ0n) is 10.9. The Hall–Kier alpha value is -2.29. The highest BCUT2D eigenvalue weighted by molar-refractivity contribution is 7.09. The second-order valence-corrected chi connectivity index (χ2v) is 4.69. The molecule has 0 aromatic carbocycles. The standard InChI is InChI=1S/C11H12N4O4S/c1-18-9(16)5-7-10(11(17)19-2)13-14-15(7)6-8-12-3-4-20-8/h3-4H,5-6H2,1-2H3. The number of hydrogen-bond acceptors (Lipinski definition) is 8. The molecule has 0 spiro atoms. The lowest BCUT2D eigenvalue weighted by Crippen LogP contribution is -2.15. The molecule has 0 unspecified atom stereocenters. The van der Waals surface area contributed by atoms with Crippen LogP contribution in [-0.2, 0) is 27.2 Å². The molecule has 0 atom stereocenters. The lowest BCUT2D eigenvalue weighted by molar-refractivity contribution is -0.139. The molecule has 9 heteroatoms. The third-order valence-corrected chi connectivity index (χ3v) is 3.29. The van der Waals surface area contributed by atoms with E-state index in [9.17, 15) is 9.59 Å². The molecule has 0 aliphatic carbocycles. The number of carbonyl (C=O) groups is 2. The van der Waals surface area contributed by atoms with Crippen molar-refractivity contribution in [1.29, 1.82) is 0 Å². The normalized spacial score (nSPS) is 10.3.